The van der Waals surface area contributed by atoms with Crippen LogP contribution in [-0.4, -0.2) is 26.7 Å². The van der Waals surface area contributed by atoms with Crippen LogP contribution in [-0.2, 0) is 0 Å². The van der Waals surface area contributed by atoms with Gasteiger partial charge in [-0.1, -0.05) is 65.1 Å². The molecule has 224 valence electrons. The Morgan fingerprint density at radius 3 is 2.21 bits per heavy atom. The van der Waals surface area contributed by atoms with Gasteiger partial charge < -0.3 is 15.2 Å². The van der Waals surface area contributed by atoms with E-state index in [2.05, 4.69) is 55.5 Å². The van der Waals surface area contributed by atoms with Crippen LogP contribution in [0.2, 0.25) is 20.1 Å². The van der Waals surface area contributed by atoms with E-state index in [0.717, 1.165) is 52.0 Å². The van der Waals surface area contributed by atoms with Crippen LogP contribution in [0.25, 0.3) is 29.7 Å². The molecule has 5 nitrogen and oxygen atoms in total. The third kappa shape index (κ3) is 7.13. The van der Waals surface area contributed by atoms with E-state index in [4.69, 9.17) is 56.4 Å². The highest BCUT2D eigenvalue weighted by molar-refractivity contribution is 6.42. The fraction of sp³-hybridized carbons (Fsp3) is 0.294. The molecular formula is C34H35Cl4N5. The van der Waals surface area contributed by atoms with Gasteiger partial charge in [0.2, 0.25) is 0 Å². The minimum atomic E-state index is -0.0665. The number of hydrogen-bond acceptors (Lipinski definition) is 4. The van der Waals surface area contributed by atoms with Gasteiger partial charge in [-0.15, -0.1) is 0 Å². The zero-order valence-corrected chi connectivity index (χ0v) is 27.9. The number of piperidine rings is 1. The van der Waals surface area contributed by atoms with Gasteiger partial charge in [0.1, 0.15) is 0 Å². The van der Waals surface area contributed by atoms with Crippen molar-refractivity contribution in [1.82, 2.24) is 14.9 Å². The highest BCUT2D eigenvalue weighted by Crippen LogP contribution is 2.32. The molecule has 0 unspecified atom stereocenters. The predicted molar refractivity (Wildman–Crippen MR) is 184 cm³/mol. The molecule has 43 heavy (non-hydrogen) atoms. The molecule has 2 aromatic carbocycles. The average Bonchev–Trinajstić information content (AvgIpc) is 2.90. The van der Waals surface area contributed by atoms with Crippen LogP contribution in [0.3, 0.4) is 0 Å². The first-order valence-corrected chi connectivity index (χ1v) is 15.7. The molecule has 0 spiro atoms. The molecule has 2 aliphatic heterocycles. The molecule has 2 heterocycles. The number of rotatable bonds is 5. The topological polar surface area (TPSA) is 54.2 Å². The van der Waals surface area contributed by atoms with Crippen molar-refractivity contribution < 1.29 is 0 Å². The summed E-state index contributed by atoms with van der Waals surface area (Å²) in [6.07, 6.45) is 7.71. The molecule has 0 atom stereocenters. The maximum absolute atomic E-state index is 6.51. The number of anilines is 2. The molecule has 3 aliphatic rings. The molecular weight excluding hydrogens is 620 g/mol. The van der Waals surface area contributed by atoms with Crippen molar-refractivity contribution in [2.45, 2.75) is 64.6 Å². The highest BCUT2D eigenvalue weighted by atomic mass is 35.5. The molecule has 2 aromatic rings. The SMILES string of the molecule is C=c1nc2cc(Nc3ccc(Cl)c(Cl)c3)c(=NC3CC(C)(C)NC(C)(C)C3)cc-2n(-c2ccc(Cl)c(Cl)c2)/c1=C/C=C\C. The number of hydrogen-bond donors (Lipinski definition) is 2. The predicted octanol–water partition coefficient (Wildman–Crippen LogP) is 8.31. The Morgan fingerprint density at radius 2 is 1.58 bits per heavy atom. The smallest absolute Gasteiger partial charge is 0.0900 e. The van der Waals surface area contributed by atoms with Gasteiger partial charge in [0.15, 0.2) is 0 Å². The van der Waals surface area contributed by atoms with E-state index in [-0.39, 0.29) is 17.1 Å². The summed E-state index contributed by atoms with van der Waals surface area (Å²) in [6, 6.07) is 15.2. The first-order valence-electron chi connectivity index (χ1n) is 14.1. The number of nitrogens with zero attached hydrogens (tertiary/aromatic N) is 3. The number of nitrogens with one attached hydrogen (secondary N) is 2. The summed E-state index contributed by atoms with van der Waals surface area (Å²) in [5.41, 5.74) is 3.89. The van der Waals surface area contributed by atoms with E-state index >= 15 is 0 Å². The number of aromatic nitrogens is 2. The van der Waals surface area contributed by atoms with Crippen LogP contribution in [0.15, 0.2) is 65.7 Å². The summed E-state index contributed by atoms with van der Waals surface area (Å²) in [5, 5.41) is 11.4. The van der Waals surface area contributed by atoms with Crippen molar-refractivity contribution in [2.75, 3.05) is 5.32 Å². The standard InChI is InChI=1S/C34H35Cl4N5/c1-7-8-9-31-20(2)39-30-16-28(40-21-10-12-24(35)26(37)14-21)29(41-22-18-33(3,4)42-34(5,6)19-22)17-32(30)43(31)23-11-13-25(36)27(38)15-23/h7-17,22,40,42H,2,18-19H2,1,3-6H3/b8-7-,31-9+,41-29?. The Hall–Kier alpha value is -2.80. The van der Waals surface area contributed by atoms with Crippen molar-refractivity contribution in [3.63, 3.8) is 0 Å². The fourth-order valence-corrected chi connectivity index (χ4v) is 6.64. The van der Waals surface area contributed by atoms with Gasteiger partial charge in [0.25, 0.3) is 0 Å². The normalized spacial score (nSPS) is 17.7. The van der Waals surface area contributed by atoms with E-state index < -0.39 is 0 Å². The van der Waals surface area contributed by atoms with Crippen LogP contribution in [0.4, 0.5) is 11.4 Å². The van der Waals surface area contributed by atoms with Gasteiger partial charge in [-0.25, -0.2) is 4.98 Å². The molecule has 9 heteroatoms. The van der Waals surface area contributed by atoms with Gasteiger partial charge in [-0.2, -0.15) is 0 Å². The summed E-state index contributed by atoms with van der Waals surface area (Å²) in [7, 11) is 0. The lowest BCUT2D eigenvalue weighted by Crippen LogP contribution is -2.59. The minimum absolute atomic E-state index is 0.0665. The van der Waals surface area contributed by atoms with Gasteiger partial charge in [-0.05, 0) is 102 Å². The second-order valence-corrected chi connectivity index (χ2v) is 13.9. The molecule has 0 radical (unpaired) electrons. The Kier molecular flexibility index (Phi) is 9.04. The van der Waals surface area contributed by atoms with Gasteiger partial charge in [0.05, 0.1) is 59.3 Å². The average molecular weight is 656 g/mol. The molecule has 0 saturated carbocycles. The van der Waals surface area contributed by atoms with E-state index in [1.807, 2.05) is 49.4 Å². The van der Waals surface area contributed by atoms with Gasteiger partial charge in [-0.3, -0.25) is 4.99 Å². The number of halogens is 4. The Morgan fingerprint density at radius 1 is 0.930 bits per heavy atom. The summed E-state index contributed by atoms with van der Waals surface area (Å²) >= 11 is 25.4. The lowest BCUT2D eigenvalue weighted by atomic mass is 9.80. The summed E-state index contributed by atoms with van der Waals surface area (Å²) in [4.78, 5) is 10.3. The Bertz CT molecular complexity index is 1860. The lowest BCUT2D eigenvalue weighted by molar-refractivity contribution is 0.163. The fourth-order valence-electron chi connectivity index (χ4n) is 6.05. The molecule has 1 fully saturated rings. The van der Waals surface area contributed by atoms with E-state index in [9.17, 15) is 0 Å². The van der Waals surface area contributed by atoms with Crippen molar-refractivity contribution in [3.05, 3.63) is 96.8 Å². The summed E-state index contributed by atoms with van der Waals surface area (Å²) in [6.45, 7) is 15.2. The van der Waals surface area contributed by atoms with Gasteiger partial charge in [0, 0.05) is 22.5 Å². The van der Waals surface area contributed by atoms with Crippen LogP contribution >= 0.6 is 46.4 Å². The molecule has 5 rings (SSSR count). The minimum Gasteiger partial charge on any atom is -0.354 e. The number of allylic oxidation sites excluding steroid dienone is 2. The second kappa shape index (κ2) is 12.3. The molecule has 1 aliphatic carbocycles. The zero-order chi connectivity index (χ0) is 31.1. The Labute approximate surface area is 272 Å². The molecule has 0 amide bonds. The van der Waals surface area contributed by atoms with E-state index in [1.54, 1.807) is 18.2 Å². The van der Waals surface area contributed by atoms with Crippen molar-refractivity contribution in [2.24, 2.45) is 4.99 Å². The number of fused-ring (bicyclic) bond motifs is 1. The van der Waals surface area contributed by atoms with Crippen molar-refractivity contribution in [3.8, 4) is 17.1 Å². The first-order chi connectivity index (χ1) is 20.2. The molecule has 0 bridgehead atoms. The number of benzene rings is 3. The summed E-state index contributed by atoms with van der Waals surface area (Å²) in [5.74, 6) is 0. The lowest BCUT2D eigenvalue weighted by Gasteiger charge is -2.45. The highest BCUT2D eigenvalue weighted by Gasteiger charge is 2.37. The summed E-state index contributed by atoms with van der Waals surface area (Å²) < 4.78 is 2.10. The van der Waals surface area contributed by atoms with Crippen LogP contribution in [0.1, 0.15) is 47.5 Å². The third-order valence-corrected chi connectivity index (χ3v) is 8.90. The maximum Gasteiger partial charge on any atom is 0.0900 e. The van der Waals surface area contributed by atoms with Crippen molar-refractivity contribution in [1.29, 1.82) is 0 Å². The van der Waals surface area contributed by atoms with Crippen LogP contribution in [0, 0.1) is 0 Å². The third-order valence-electron chi connectivity index (χ3n) is 7.42. The van der Waals surface area contributed by atoms with Crippen molar-refractivity contribution >= 4 is 70.4 Å². The Balaban J connectivity index is 1.83. The maximum atomic E-state index is 6.51. The molecule has 0 aromatic heterocycles. The monoisotopic (exact) mass is 653 g/mol. The van der Waals surface area contributed by atoms with Crippen LogP contribution in [0.5, 0.6) is 0 Å². The van der Waals surface area contributed by atoms with E-state index in [1.165, 1.54) is 0 Å². The quantitative estimate of drug-likeness (QED) is 0.228. The first kappa shape index (κ1) is 31.6. The second-order valence-electron chi connectivity index (χ2n) is 12.3. The van der Waals surface area contributed by atoms with Gasteiger partial charge >= 0.3 is 0 Å². The molecule has 2 N–H and O–H groups in total. The van der Waals surface area contributed by atoms with Crippen LogP contribution < -0.4 is 26.7 Å². The molecule has 1 saturated heterocycles. The van der Waals surface area contributed by atoms with E-state index in [0.29, 0.717) is 25.4 Å². The largest absolute Gasteiger partial charge is 0.354 e. The zero-order valence-electron chi connectivity index (χ0n) is 24.9.